The summed E-state index contributed by atoms with van der Waals surface area (Å²) in [5.74, 6) is 0.580. The molecule has 0 atom stereocenters. The molecule has 2 rings (SSSR count). The third-order valence-electron chi connectivity index (χ3n) is 2.32. The fourth-order valence-corrected chi connectivity index (χ4v) is 1.39. The second-order valence-corrected chi connectivity index (χ2v) is 3.42. The molecule has 1 aliphatic heterocycles. The molecule has 1 aromatic carbocycles. The summed E-state index contributed by atoms with van der Waals surface area (Å²) in [4.78, 5) is 22.6. The molecule has 1 heterocycles. The SMILES string of the molecule is CNC(=O)CNC(=O)c1ccc2c(c1)OCO2. The summed E-state index contributed by atoms with van der Waals surface area (Å²) in [6.07, 6.45) is 0. The van der Waals surface area contributed by atoms with Crippen molar-refractivity contribution in [2.24, 2.45) is 0 Å². The molecule has 17 heavy (non-hydrogen) atoms. The molecule has 2 N–H and O–H groups in total. The predicted molar refractivity (Wildman–Crippen MR) is 59.0 cm³/mol. The maximum atomic E-state index is 11.7. The largest absolute Gasteiger partial charge is 0.454 e. The van der Waals surface area contributed by atoms with E-state index >= 15 is 0 Å². The van der Waals surface area contributed by atoms with Crippen molar-refractivity contribution >= 4 is 11.8 Å². The molecule has 0 saturated carbocycles. The lowest BCUT2D eigenvalue weighted by molar-refractivity contribution is -0.119. The number of hydrogen-bond donors (Lipinski definition) is 2. The van der Waals surface area contributed by atoms with E-state index < -0.39 is 0 Å². The van der Waals surface area contributed by atoms with Gasteiger partial charge < -0.3 is 20.1 Å². The minimum atomic E-state index is -0.327. The van der Waals surface area contributed by atoms with Gasteiger partial charge in [-0.1, -0.05) is 0 Å². The van der Waals surface area contributed by atoms with Crippen molar-refractivity contribution in [3.8, 4) is 11.5 Å². The van der Waals surface area contributed by atoms with Crippen LogP contribution in [0.1, 0.15) is 10.4 Å². The zero-order chi connectivity index (χ0) is 12.3. The number of nitrogens with one attached hydrogen (secondary N) is 2. The van der Waals surface area contributed by atoms with Crippen LogP contribution in [0.25, 0.3) is 0 Å². The molecule has 0 spiro atoms. The standard InChI is InChI=1S/C11H12N2O4/c1-12-10(14)5-13-11(15)7-2-3-8-9(4-7)17-6-16-8/h2-4H,5-6H2,1H3,(H,12,14)(H,13,15). The van der Waals surface area contributed by atoms with Crippen LogP contribution in [-0.2, 0) is 4.79 Å². The number of benzene rings is 1. The van der Waals surface area contributed by atoms with Crippen LogP contribution in [0.2, 0.25) is 0 Å². The van der Waals surface area contributed by atoms with Gasteiger partial charge in [-0.25, -0.2) is 0 Å². The summed E-state index contributed by atoms with van der Waals surface area (Å²) in [7, 11) is 1.51. The lowest BCUT2D eigenvalue weighted by atomic mass is 10.2. The molecule has 6 nitrogen and oxygen atoms in total. The van der Waals surface area contributed by atoms with Crippen LogP contribution < -0.4 is 20.1 Å². The summed E-state index contributed by atoms with van der Waals surface area (Å²) < 4.78 is 10.3. The molecule has 0 bridgehead atoms. The first-order chi connectivity index (χ1) is 8.20. The predicted octanol–water partition coefficient (Wildman–Crippen LogP) is -0.109. The zero-order valence-corrected chi connectivity index (χ0v) is 9.28. The van der Waals surface area contributed by atoms with E-state index in [1.807, 2.05) is 0 Å². The molecule has 0 aromatic heterocycles. The van der Waals surface area contributed by atoms with E-state index in [9.17, 15) is 9.59 Å². The number of fused-ring (bicyclic) bond motifs is 1. The first-order valence-electron chi connectivity index (χ1n) is 5.09. The summed E-state index contributed by atoms with van der Waals surface area (Å²) in [5.41, 5.74) is 0.429. The minimum absolute atomic E-state index is 0.0518. The fourth-order valence-electron chi connectivity index (χ4n) is 1.39. The maximum Gasteiger partial charge on any atom is 0.251 e. The Morgan fingerprint density at radius 2 is 2.06 bits per heavy atom. The first kappa shape index (κ1) is 11.3. The quantitative estimate of drug-likeness (QED) is 0.767. The number of carbonyl (C=O) groups excluding carboxylic acids is 2. The highest BCUT2D eigenvalue weighted by Crippen LogP contribution is 2.32. The van der Waals surface area contributed by atoms with Gasteiger partial charge in [0.25, 0.3) is 5.91 Å². The number of carbonyl (C=O) groups is 2. The molecule has 2 amide bonds. The van der Waals surface area contributed by atoms with Crippen LogP contribution in [0.4, 0.5) is 0 Å². The Balaban J connectivity index is 2.02. The second-order valence-electron chi connectivity index (χ2n) is 3.42. The Bertz CT molecular complexity index is 459. The Labute approximate surface area is 97.9 Å². The molecule has 0 aliphatic carbocycles. The molecule has 1 aromatic rings. The molecule has 0 fully saturated rings. The number of ether oxygens (including phenoxy) is 2. The molecule has 6 heteroatoms. The van der Waals surface area contributed by atoms with Gasteiger partial charge in [0.2, 0.25) is 12.7 Å². The van der Waals surface area contributed by atoms with E-state index in [1.165, 1.54) is 7.05 Å². The van der Waals surface area contributed by atoms with Gasteiger partial charge in [0.1, 0.15) is 0 Å². The summed E-state index contributed by atoms with van der Waals surface area (Å²) in [6, 6.07) is 4.87. The molecular weight excluding hydrogens is 224 g/mol. The number of rotatable bonds is 3. The lowest BCUT2D eigenvalue weighted by Crippen LogP contribution is -2.35. The molecule has 1 aliphatic rings. The van der Waals surface area contributed by atoms with E-state index in [0.717, 1.165) is 0 Å². The van der Waals surface area contributed by atoms with E-state index in [-0.39, 0.29) is 25.2 Å². The Morgan fingerprint density at radius 1 is 1.29 bits per heavy atom. The van der Waals surface area contributed by atoms with Crippen molar-refractivity contribution in [2.45, 2.75) is 0 Å². The van der Waals surface area contributed by atoms with Gasteiger partial charge in [0.05, 0.1) is 6.54 Å². The summed E-state index contributed by atoms with van der Waals surface area (Å²) >= 11 is 0. The monoisotopic (exact) mass is 236 g/mol. The van der Waals surface area contributed by atoms with Gasteiger partial charge in [0, 0.05) is 12.6 Å². The van der Waals surface area contributed by atoms with Crippen molar-refractivity contribution in [3.05, 3.63) is 23.8 Å². The van der Waals surface area contributed by atoms with Crippen LogP contribution in [0.5, 0.6) is 11.5 Å². The molecular formula is C11H12N2O4. The van der Waals surface area contributed by atoms with Gasteiger partial charge in [-0.3, -0.25) is 9.59 Å². The van der Waals surface area contributed by atoms with E-state index in [0.29, 0.717) is 17.1 Å². The van der Waals surface area contributed by atoms with E-state index in [4.69, 9.17) is 9.47 Å². The molecule has 0 unspecified atom stereocenters. The highest BCUT2D eigenvalue weighted by Gasteiger charge is 2.16. The average Bonchev–Trinajstić information content (AvgIpc) is 2.82. The van der Waals surface area contributed by atoms with Crippen molar-refractivity contribution < 1.29 is 19.1 Å². The van der Waals surface area contributed by atoms with Crippen LogP contribution in [0, 0.1) is 0 Å². The van der Waals surface area contributed by atoms with E-state index in [1.54, 1.807) is 18.2 Å². The third kappa shape index (κ3) is 2.47. The Hall–Kier alpha value is -2.24. The fraction of sp³-hybridized carbons (Fsp3) is 0.273. The average molecular weight is 236 g/mol. The Kier molecular flexibility index (Phi) is 3.13. The van der Waals surface area contributed by atoms with Gasteiger partial charge in [-0.05, 0) is 18.2 Å². The van der Waals surface area contributed by atoms with E-state index in [2.05, 4.69) is 10.6 Å². The van der Waals surface area contributed by atoms with Gasteiger partial charge in [0.15, 0.2) is 11.5 Å². The zero-order valence-electron chi connectivity index (χ0n) is 9.28. The summed E-state index contributed by atoms with van der Waals surface area (Å²) in [6.45, 7) is 0.114. The number of hydrogen-bond acceptors (Lipinski definition) is 4. The van der Waals surface area contributed by atoms with Crippen LogP contribution >= 0.6 is 0 Å². The number of likely N-dealkylation sites (N-methyl/N-ethyl adjacent to an activating group) is 1. The van der Waals surface area contributed by atoms with Gasteiger partial charge >= 0.3 is 0 Å². The van der Waals surface area contributed by atoms with Crippen molar-refractivity contribution in [1.29, 1.82) is 0 Å². The van der Waals surface area contributed by atoms with Crippen molar-refractivity contribution in [1.82, 2.24) is 10.6 Å². The third-order valence-corrected chi connectivity index (χ3v) is 2.32. The number of amides is 2. The Morgan fingerprint density at radius 3 is 2.82 bits per heavy atom. The molecule has 0 saturated heterocycles. The van der Waals surface area contributed by atoms with Gasteiger partial charge in [-0.15, -0.1) is 0 Å². The highest BCUT2D eigenvalue weighted by molar-refractivity contribution is 5.97. The van der Waals surface area contributed by atoms with Crippen molar-refractivity contribution in [3.63, 3.8) is 0 Å². The first-order valence-corrected chi connectivity index (χ1v) is 5.09. The van der Waals surface area contributed by atoms with Crippen molar-refractivity contribution in [2.75, 3.05) is 20.4 Å². The molecule has 90 valence electrons. The highest BCUT2D eigenvalue weighted by atomic mass is 16.7. The van der Waals surface area contributed by atoms with Gasteiger partial charge in [-0.2, -0.15) is 0 Å². The van der Waals surface area contributed by atoms with Crippen LogP contribution in [-0.4, -0.2) is 32.2 Å². The summed E-state index contributed by atoms with van der Waals surface area (Å²) in [5, 5.41) is 4.91. The topological polar surface area (TPSA) is 76.7 Å². The second kappa shape index (κ2) is 4.73. The van der Waals surface area contributed by atoms with Crippen LogP contribution in [0.15, 0.2) is 18.2 Å². The lowest BCUT2D eigenvalue weighted by Gasteiger charge is -2.04. The normalized spacial score (nSPS) is 12.1. The molecule has 0 radical (unpaired) electrons. The minimum Gasteiger partial charge on any atom is -0.454 e. The smallest absolute Gasteiger partial charge is 0.251 e. The van der Waals surface area contributed by atoms with Crippen LogP contribution in [0.3, 0.4) is 0 Å². The maximum absolute atomic E-state index is 11.7.